The van der Waals surface area contributed by atoms with Gasteiger partial charge in [0.05, 0.1) is 31.4 Å². The molecule has 10 nitrogen and oxygen atoms in total. The molecule has 1 N–H and O–H groups in total. The number of nitrogens with one attached hydrogen (secondary N) is 1. The fourth-order valence-corrected chi connectivity index (χ4v) is 5.94. The van der Waals surface area contributed by atoms with Crippen molar-refractivity contribution in [1.82, 2.24) is 10.2 Å². The highest BCUT2D eigenvalue weighted by molar-refractivity contribution is 7.92. The molecule has 0 saturated heterocycles. The second-order valence-corrected chi connectivity index (χ2v) is 11.4. The van der Waals surface area contributed by atoms with Gasteiger partial charge in [0.1, 0.15) is 18.3 Å². The number of benzene rings is 3. The number of ether oxygens (including phenoxy) is 3. The molecule has 0 aliphatic rings. The summed E-state index contributed by atoms with van der Waals surface area (Å²) in [4.78, 5) is 28.1. The molecule has 1 unspecified atom stereocenters. The van der Waals surface area contributed by atoms with Gasteiger partial charge in [0, 0.05) is 24.7 Å². The maximum Gasteiger partial charge on any atom is 0.264 e. The maximum absolute atomic E-state index is 14.1. The Morgan fingerprint density at radius 3 is 2.12 bits per heavy atom. The van der Waals surface area contributed by atoms with Gasteiger partial charge in [-0.25, -0.2) is 8.42 Å². The van der Waals surface area contributed by atoms with Crippen molar-refractivity contribution in [3.63, 3.8) is 0 Å². The second-order valence-electron chi connectivity index (χ2n) is 9.14. The van der Waals surface area contributed by atoms with Crippen LogP contribution in [0.5, 0.6) is 17.2 Å². The van der Waals surface area contributed by atoms with Crippen LogP contribution in [0.15, 0.2) is 71.6 Å². The third-order valence-electron chi connectivity index (χ3n) is 6.56. The third kappa shape index (κ3) is 7.65. The Kier molecular flexibility index (Phi) is 11.5. The lowest BCUT2D eigenvalue weighted by Gasteiger charge is -2.33. The maximum atomic E-state index is 14.1. The van der Waals surface area contributed by atoms with E-state index in [1.54, 1.807) is 55.5 Å². The van der Waals surface area contributed by atoms with Crippen molar-refractivity contribution < 1.29 is 32.2 Å². The van der Waals surface area contributed by atoms with Crippen LogP contribution >= 0.6 is 11.6 Å². The summed E-state index contributed by atoms with van der Waals surface area (Å²) >= 11 is 6.05. The minimum absolute atomic E-state index is 0.0649. The van der Waals surface area contributed by atoms with Crippen molar-refractivity contribution >= 4 is 39.1 Å². The fraction of sp³-hybridized carbons (Fsp3) is 0.333. The average Bonchev–Trinajstić information content (AvgIpc) is 3.00. The lowest BCUT2D eigenvalue weighted by atomic mass is 10.1. The highest BCUT2D eigenvalue weighted by Crippen LogP contribution is 2.33. The SMILES string of the molecule is CCOc1ccc(N(CC(=O)N(Cc2ccc(Cl)cc2)C(CC)C(=O)NC)S(=O)(=O)c2ccc(OC)c(OC)c2)cc1. The number of sulfonamides is 1. The predicted molar refractivity (Wildman–Crippen MR) is 162 cm³/mol. The summed E-state index contributed by atoms with van der Waals surface area (Å²) in [6.07, 6.45) is 0.310. The molecule has 0 aliphatic carbocycles. The van der Waals surface area contributed by atoms with Crippen molar-refractivity contribution in [1.29, 1.82) is 0 Å². The molecule has 0 saturated carbocycles. The molecule has 1 atom stereocenters. The molecule has 3 aromatic carbocycles. The first-order chi connectivity index (χ1) is 20.1. The fourth-order valence-electron chi connectivity index (χ4n) is 4.38. The molecule has 12 heteroatoms. The average molecular weight is 618 g/mol. The molecule has 0 heterocycles. The minimum atomic E-state index is -4.31. The molecule has 2 amide bonds. The molecule has 226 valence electrons. The van der Waals surface area contributed by atoms with Gasteiger partial charge in [-0.15, -0.1) is 0 Å². The van der Waals surface area contributed by atoms with Crippen molar-refractivity contribution in [3.05, 3.63) is 77.3 Å². The number of hydrogen-bond donors (Lipinski definition) is 1. The molecule has 42 heavy (non-hydrogen) atoms. The molecule has 0 aliphatic heterocycles. The summed E-state index contributed by atoms with van der Waals surface area (Å²) in [6.45, 7) is 3.54. The molecular formula is C30H36ClN3O7S. The predicted octanol–water partition coefficient (Wildman–Crippen LogP) is 4.50. The van der Waals surface area contributed by atoms with Gasteiger partial charge >= 0.3 is 0 Å². The largest absolute Gasteiger partial charge is 0.494 e. The summed E-state index contributed by atoms with van der Waals surface area (Å²) < 4.78 is 45.4. The Bertz CT molecular complexity index is 1470. The number of rotatable bonds is 14. The summed E-state index contributed by atoms with van der Waals surface area (Å²) in [5.41, 5.74) is 0.964. The van der Waals surface area contributed by atoms with Crippen molar-refractivity contribution in [2.75, 3.05) is 38.7 Å². The lowest BCUT2D eigenvalue weighted by molar-refractivity contribution is -0.140. The van der Waals surface area contributed by atoms with E-state index < -0.39 is 28.5 Å². The smallest absolute Gasteiger partial charge is 0.264 e. The van der Waals surface area contributed by atoms with Gasteiger partial charge in [-0.2, -0.15) is 0 Å². The molecule has 3 rings (SSSR count). The minimum Gasteiger partial charge on any atom is -0.494 e. The normalized spacial score (nSPS) is 11.8. The van der Waals surface area contributed by atoms with Crippen molar-refractivity contribution in [2.24, 2.45) is 0 Å². The quantitative estimate of drug-likeness (QED) is 0.283. The van der Waals surface area contributed by atoms with E-state index in [0.717, 1.165) is 9.87 Å². The highest BCUT2D eigenvalue weighted by Gasteiger charge is 2.34. The molecule has 0 aromatic heterocycles. The van der Waals surface area contributed by atoms with Crippen molar-refractivity contribution in [3.8, 4) is 17.2 Å². The standard InChI is InChI=1S/C30H36ClN3O7S/c1-6-26(30(36)32-3)33(19-21-8-10-22(31)11-9-21)29(35)20-34(23-12-14-24(15-13-23)41-7-2)42(37,38)25-16-17-27(39-4)28(18-25)40-5/h8-18,26H,6-7,19-20H2,1-5H3,(H,32,36). The number of likely N-dealkylation sites (N-methyl/N-ethyl adjacent to an activating group) is 1. The van der Waals surface area contributed by atoms with Crippen molar-refractivity contribution in [2.45, 2.75) is 37.8 Å². The number of nitrogens with zero attached hydrogens (tertiary/aromatic N) is 2. The zero-order valence-electron chi connectivity index (χ0n) is 24.3. The number of carbonyl (C=O) groups excluding carboxylic acids is 2. The van der Waals surface area contributed by atoms with Crippen LogP contribution in [-0.2, 0) is 26.2 Å². The number of hydrogen-bond acceptors (Lipinski definition) is 7. The van der Waals surface area contributed by atoms with E-state index in [1.807, 2.05) is 6.92 Å². The van der Waals surface area contributed by atoms with Crippen LogP contribution in [0, 0.1) is 0 Å². The van der Waals surface area contributed by atoms with E-state index in [2.05, 4.69) is 5.32 Å². The van der Waals surface area contributed by atoms with Gasteiger partial charge in [0.15, 0.2) is 11.5 Å². The Labute approximate surface area is 252 Å². The molecule has 0 spiro atoms. The lowest BCUT2D eigenvalue weighted by Crippen LogP contribution is -2.51. The van der Waals surface area contributed by atoms with E-state index in [9.17, 15) is 18.0 Å². The Morgan fingerprint density at radius 2 is 1.57 bits per heavy atom. The topological polar surface area (TPSA) is 114 Å². The summed E-state index contributed by atoms with van der Waals surface area (Å²) in [5.74, 6) is 0.178. The van der Waals surface area contributed by atoms with E-state index in [-0.39, 0.29) is 28.8 Å². The van der Waals surface area contributed by atoms with Crippen LogP contribution in [0.2, 0.25) is 5.02 Å². The van der Waals surface area contributed by atoms with Gasteiger partial charge in [-0.3, -0.25) is 13.9 Å². The van der Waals surface area contributed by atoms with Gasteiger partial charge in [0.2, 0.25) is 11.8 Å². The van der Waals surface area contributed by atoms with Gasteiger partial charge in [0.25, 0.3) is 10.0 Å². The van der Waals surface area contributed by atoms with Crippen LogP contribution in [0.3, 0.4) is 0 Å². The number of amides is 2. The van der Waals surface area contributed by atoms with Crippen LogP contribution < -0.4 is 23.8 Å². The molecule has 3 aromatic rings. The highest BCUT2D eigenvalue weighted by atomic mass is 35.5. The molecule has 0 fully saturated rings. The number of anilines is 1. The summed E-state index contributed by atoms with van der Waals surface area (Å²) in [6, 6.07) is 16.6. The second kappa shape index (κ2) is 14.8. The molecule has 0 bridgehead atoms. The third-order valence-corrected chi connectivity index (χ3v) is 8.58. The molecule has 0 radical (unpaired) electrons. The van der Waals surface area contributed by atoms with Gasteiger partial charge < -0.3 is 24.4 Å². The van der Waals surface area contributed by atoms with Crippen LogP contribution in [-0.4, -0.2) is 65.6 Å². The zero-order chi connectivity index (χ0) is 30.9. The van der Waals surface area contributed by atoms with E-state index in [0.29, 0.717) is 29.5 Å². The Morgan fingerprint density at radius 1 is 0.929 bits per heavy atom. The van der Waals surface area contributed by atoms with Gasteiger partial charge in [-0.1, -0.05) is 30.7 Å². The van der Waals surface area contributed by atoms with Crippen LogP contribution in [0.25, 0.3) is 0 Å². The first-order valence-electron chi connectivity index (χ1n) is 13.3. The Balaban J connectivity index is 2.10. The zero-order valence-corrected chi connectivity index (χ0v) is 25.9. The van der Waals surface area contributed by atoms with E-state index >= 15 is 0 Å². The van der Waals surface area contributed by atoms with Crippen LogP contribution in [0.4, 0.5) is 5.69 Å². The van der Waals surface area contributed by atoms with Gasteiger partial charge in [-0.05, 0) is 67.4 Å². The number of carbonyl (C=O) groups is 2. The van der Waals surface area contributed by atoms with Crippen LogP contribution in [0.1, 0.15) is 25.8 Å². The monoisotopic (exact) mass is 617 g/mol. The van der Waals surface area contributed by atoms with E-state index in [1.165, 1.54) is 44.4 Å². The first kappa shape index (κ1) is 32.6. The summed E-state index contributed by atoms with van der Waals surface area (Å²) in [5, 5.41) is 3.13. The van der Waals surface area contributed by atoms with E-state index in [4.69, 9.17) is 25.8 Å². The number of methoxy groups -OCH3 is 2. The number of halogens is 1. The summed E-state index contributed by atoms with van der Waals surface area (Å²) in [7, 11) is 0.0294. The first-order valence-corrected chi connectivity index (χ1v) is 15.1. The Hall–Kier alpha value is -3.96. The molecular weight excluding hydrogens is 582 g/mol.